The van der Waals surface area contributed by atoms with Crippen LogP contribution in [0.5, 0.6) is 0 Å². The highest BCUT2D eigenvalue weighted by Gasteiger charge is 2.42. The molecule has 0 aliphatic heterocycles. The zero-order chi connectivity index (χ0) is 12.5. The molecule has 17 heavy (non-hydrogen) atoms. The maximum absolute atomic E-state index is 10.6. The van der Waals surface area contributed by atoms with Gasteiger partial charge in [0.15, 0.2) is 0 Å². The molecule has 1 aliphatic rings. The lowest BCUT2D eigenvalue weighted by molar-refractivity contribution is -0.129. The summed E-state index contributed by atoms with van der Waals surface area (Å²) in [6.45, 7) is 2.25. The molecule has 0 aromatic carbocycles. The van der Waals surface area contributed by atoms with Crippen LogP contribution in [0.4, 0.5) is 0 Å². The topological polar surface area (TPSA) is 29.5 Å². The fourth-order valence-electron chi connectivity index (χ4n) is 2.58. The van der Waals surface area contributed by atoms with E-state index in [-0.39, 0.29) is 0 Å². The minimum absolute atomic E-state index is 0.443. The molecule has 1 fully saturated rings. The highest BCUT2D eigenvalue weighted by Crippen LogP contribution is 2.45. The molecule has 1 aromatic rings. The fraction of sp³-hybridized carbons (Fsp3) is 0.692. The van der Waals surface area contributed by atoms with E-state index in [0.29, 0.717) is 5.02 Å². The van der Waals surface area contributed by atoms with Crippen LogP contribution in [0.1, 0.15) is 43.6 Å². The number of aliphatic hydroxyl groups is 1. The van der Waals surface area contributed by atoms with Gasteiger partial charge in [-0.25, -0.2) is 0 Å². The molecule has 1 N–H and O–H groups in total. The van der Waals surface area contributed by atoms with Gasteiger partial charge < -0.3 is 9.84 Å². The van der Waals surface area contributed by atoms with E-state index >= 15 is 0 Å². The normalized spacial score (nSPS) is 31.4. The molecule has 1 unspecified atom stereocenters. The van der Waals surface area contributed by atoms with Gasteiger partial charge in [0.2, 0.25) is 0 Å². The Morgan fingerprint density at radius 1 is 1.53 bits per heavy atom. The summed E-state index contributed by atoms with van der Waals surface area (Å²) in [6, 6.07) is 1.83. The van der Waals surface area contributed by atoms with Gasteiger partial charge in [-0.3, -0.25) is 0 Å². The number of aliphatic hydroxyl groups excluding tert-OH is 1. The summed E-state index contributed by atoms with van der Waals surface area (Å²) in [5.74, 6) is 0.726. The first kappa shape index (κ1) is 13.3. The quantitative estimate of drug-likeness (QED) is 0.902. The number of thiophene rings is 1. The third kappa shape index (κ3) is 2.53. The summed E-state index contributed by atoms with van der Waals surface area (Å²) in [4.78, 5) is 0.836. The number of methoxy groups -OCH3 is 1. The van der Waals surface area contributed by atoms with Gasteiger partial charge in [-0.2, -0.15) is 0 Å². The summed E-state index contributed by atoms with van der Waals surface area (Å²) in [5, 5.41) is 13.1. The Morgan fingerprint density at radius 2 is 2.18 bits per heavy atom. The van der Waals surface area contributed by atoms with Gasteiger partial charge in [0.1, 0.15) is 6.10 Å². The standard InChI is InChI=1S/C13H19ClO2S/c1-9-3-6-13(16-2,7-4-9)12(15)11-10(14)5-8-17-11/h5,8-9,12,15H,3-4,6-7H2,1-2H3. The predicted octanol–water partition coefficient (Wildman–Crippen LogP) is 4.03. The average molecular weight is 275 g/mol. The van der Waals surface area contributed by atoms with E-state index in [1.54, 1.807) is 7.11 Å². The molecule has 0 amide bonds. The molecule has 1 heterocycles. The van der Waals surface area contributed by atoms with Crippen molar-refractivity contribution in [2.24, 2.45) is 5.92 Å². The Kier molecular flexibility index (Phi) is 4.14. The van der Waals surface area contributed by atoms with Crippen molar-refractivity contribution in [2.45, 2.75) is 44.3 Å². The molecular formula is C13H19ClO2S. The van der Waals surface area contributed by atoms with Crippen LogP contribution >= 0.6 is 22.9 Å². The maximum atomic E-state index is 10.6. The van der Waals surface area contributed by atoms with Gasteiger partial charge in [-0.15, -0.1) is 11.3 Å². The van der Waals surface area contributed by atoms with Crippen molar-refractivity contribution >= 4 is 22.9 Å². The molecule has 0 spiro atoms. The Balaban J connectivity index is 2.21. The summed E-state index contributed by atoms with van der Waals surface area (Å²) >= 11 is 7.60. The van der Waals surface area contributed by atoms with Crippen molar-refractivity contribution in [1.82, 2.24) is 0 Å². The number of hydrogen-bond donors (Lipinski definition) is 1. The van der Waals surface area contributed by atoms with E-state index in [1.165, 1.54) is 11.3 Å². The van der Waals surface area contributed by atoms with Crippen molar-refractivity contribution < 1.29 is 9.84 Å². The molecule has 0 bridgehead atoms. The van der Waals surface area contributed by atoms with E-state index in [4.69, 9.17) is 16.3 Å². The molecule has 2 rings (SSSR count). The largest absolute Gasteiger partial charge is 0.384 e. The van der Waals surface area contributed by atoms with Gasteiger partial charge in [0.05, 0.1) is 15.5 Å². The van der Waals surface area contributed by atoms with Crippen molar-refractivity contribution in [3.63, 3.8) is 0 Å². The zero-order valence-corrected chi connectivity index (χ0v) is 11.9. The first-order valence-corrected chi connectivity index (χ1v) is 7.31. The third-order valence-corrected chi connectivity index (χ3v) is 5.33. The molecule has 1 aromatic heterocycles. The van der Waals surface area contributed by atoms with Crippen LogP contribution < -0.4 is 0 Å². The van der Waals surface area contributed by atoms with Crippen LogP contribution in [0.15, 0.2) is 11.4 Å². The summed E-state index contributed by atoms with van der Waals surface area (Å²) in [6.07, 6.45) is 3.41. The molecule has 1 saturated carbocycles. The number of rotatable bonds is 3. The molecule has 1 aliphatic carbocycles. The first-order chi connectivity index (χ1) is 8.09. The lowest BCUT2D eigenvalue weighted by Gasteiger charge is -2.41. The van der Waals surface area contributed by atoms with E-state index in [2.05, 4.69) is 6.92 Å². The lowest BCUT2D eigenvalue weighted by Crippen LogP contribution is -2.41. The van der Waals surface area contributed by atoms with E-state index in [0.717, 1.165) is 36.5 Å². The Hall–Kier alpha value is -0.0900. The minimum atomic E-state index is -0.604. The summed E-state index contributed by atoms with van der Waals surface area (Å²) < 4.78 is 5.67. The van der Waals surface area contributed by atoms with Crippen LogP contribution in [-0.4, -0.2) is 17.8 Å². The van der Waals surface area contributed by atoms with Crippen LogP contribution in [0, 0.1) is 5.92 Å². The van der Waals surface area contributed by atoms with Gasteiger partial charge in [0, 0.05) is 7.11 Å². The molecule has 0 saturated heterocycles. The van der Waals surface area contributed by atoms with Crippen molar-refractivity contribution in [3.05, 3.63) is 21.3 Å². The van der Waals surface area contributed by atoms with E-state index < -0.39 is 11.7 Å². The first-order valence-electron chi connectivity index (χ1n) is 6.05. The van der Waals surface area contributed by atoms with Crippen molar-refractivity contribution in [3.8, 4) is 0 Å². The third-order valence-electron chi connectivity index (χ3n) is 3.92. The molecule has 4 heteroatoms. The van der Waals surface area contributed by atoms with Gasteiger partial charge in [0.25, 0.3) is 0 Å². The maximum Gasteiger partial charge on any atom is 0.118 e. The predicted molar refractivity (Wildman–Crippen MR) is 71.7 cm³/mol. The van der Waals surface area contributed by atoms with E-state index in [1.807, 2.05) is 11.4 Å². The van der Waals surface area contributed by atoms with Gasteiger partial charge >= 0.3 is 0 Å². The number of ether oxygens (including phenoxy) is 1. The van der Waals surface area contributed by atoms with Crippen molar-refractivity contribution in [1.29, 1.82) is 0 Å². The zero-order valence-electron chi connectivity index (χ0n) is 10.3. The Bertz CT molecular complexity index is 369. The Labute approximate surface area is 112 Å². The molecule has 96 valence electrons. The smallest absolute Gasteiger partial charge is 0.118 e. The molecule has 0 radical (unpaired) electrons. The summed E-state index contributed by atoms with van der Waals surface area (Å²) in [5.41, 5.74) is -0.443. The van der Waals surface area contributed by atoms with Gasteiger partial charge in [-0.1, -0.05) is 18.5 Å². The minimum Gasteiger partial charge on any atom is -0.384 e. The van der Waals surface area contributed by atoms with Crippen LogP contribution in [0.25, 0.3) is 0 Å². The highest BCUT2D eigenvalue weighted by molar-refractivity contribution is 7.10. The van der Waals surface area contributed by atoms with Crippen LogP contribution in [0.3, 0.4) is 0 Å². The monoisotopic (exact) mass is 274 g/mol. The van der Waals surface area contributed by atoms with E-state index in [9.17, 15) is 5.11 Å². The second-order valence-electron chi connectivity index (χ2n) is 4.99. The van der Waals surface area contributed by atoms with Crippen LogP contribution in [-0.2, 0) is 4.74 Å². The summed E-state index contributed by atoms with van der Waals surface area (Å²) in [7, 11) is 1.70. The Morgan fingerprint density at radius 3 is 2.65 bits per heavy atom. The second kappa shape index (κ2) is 5.27. The number of halogens is 1. The SMILES string of the molecule is COC1(C(O)c2sccc2Cl)CCC(C)CC1. The lowest BCUT2D eigenvalue weighted by atomic mass is 9.76. The number of hydrogen-bond acceptors (Lipinski definition) is 3. The second-order valence-corrected chi connectivity index (χ2v) is 6.34. The fourth-order valence-corrected chi connectivity index (χ4v) is 3.83. The molecule has 1 atom stereocenters. The molecular weight excluding hydrogens is 256 g/mol. The van der Waals surface area contributed by atoms with Gasteiger partial charge in [-0.05, 0) is 43.0 Å². The molecule has 2 nitrogen and oxygen atoms in total. The van der Waals surface area contributed by atoms with Crippen LogP contribution in [0.2, 0.25) is 5.02 Å². The highest BCUT2D eigenvalue weighted by atomic mass is 35.5. The average Bonchev–Trinajstić information content (AvgIpc) is 2.76. The van der Waals surface area contributed by atoms with Crippen molar-refractivity contribution in [2.75, 3.05) is 7.11 Å².